The van der Waals surface area contributed by atoms with E-state index >= 15 is 0 Å². The molecule has 0 bridgehead atoms. The van der Waals surface area contributed by atoms with E-state index in [1.54, 1.807) is 12.1 Å². The Balaban J connectivity index is 1.97. The van der Waals surface area contributed by atoms with Gasteiger partial charge in [0.15, 0.2) is 5.13 Å². The number of thiazole rings is 1. The Morgan fingerprint density at radius 2 is 2.35 bits per heavy atom. The SMILES string of the molecule is Nc1ncc(C(=O)NCc2cccc(F)c2)s1. The molecule has 88 valence electrons. The minimum Gasteiger partial charge on any atom is -0.375 e. The molecule has 6 heteroatoms. The van der Waals surface area contributed by atoms with Gasteiger partial charge in [0.25, 0.3) is 5.91 Å². The van der Waals surface area contributed by atoms with Gasteiger partial charge in [0, 0.05) is 6.54 Å². The Bertz CT molecular complexity index is 541. The first kappa shape index (κ1) is 11.5. The van der Waals surface area contributed by atoms with Crippen molar-refractivity contribution in [3.8, 4) is 0 Å². The molecule has 0 unspecified atom stereocenters. The number of nitrogens with two attached hydrogens (primary N) is 1. The molecule has 0 radical (unpaired) electrons. The Kier molecular flexibility index (Phi) is 3.34. The molecular weight excluding hydrogens is 241 g/mol. The normalized spacial score (nSPS) is 10.2. The highest BCUT2D eigenvalue weighted by Gasteiger charge is 2.08. The predicted octanol–water partition coefficient (Wildman–Crippen LogP) is 1.79. The van der Waals surface area contributed by atoms with Crippen LogP contribution in [0.25, 0.3) is 0 Å². The zero-order valence-corrected chi connectivity index (χ0v) is 9.63. The minimum atomic E-state index is -0.321. The molecule has 1 aromatic carbocycles. The number of rotatable bonds is 3. The van der Waals surface area contributed by atoms with Gasteiger partial charge in [-0.05, 0) is 17.7 Å². The summed E-state index contributed by atoms with van der Waals surface area (Å²) in [4.78, 5) is 15.9. The van der Waals surface area contributed by atoms with E-state index in [1.807, 2.05) is 0 Å². The van der Waals surface area contributed by atoms with E-state index in [1.165, 1.54) is 18.3 Å². The fourth-order valence-electron chi connectivity index (χ4n) is 1.31. The van der Waals surface area contributed by atoms with E-state index < -0.39 is 0 Å². The maximum atomic E-state index is 12.9. The standard InChI is InChI=1S/C11H10FN3OS/c12-8-3-1-2-7(4-8)5-14-10(16)9-6-15-11(13)17-9/h1-4,6H,5H2,(H2,13,15)(H,14,16). The van der Waals surface area contributed by atoms with Gasteiger partial charge < -0.3 is 11.1 Å². The van der Waals surface area contributed by atoms with Crippen LogP contribution in [-0.2, 0) is 6.54 Å². The number of halogens is 1. The molecule has 0 aliphatic heterocycles. The molecule has 3 N–H and O–H groups in total. The van der Waals surface area contributed by atoms with Gasteiger partial charge in [-0.2, -0.15) is 0 Å². The predicted molar refractivity (Wildman–Crippen MR) is 64.1 cm³/mol. The molecule has 0 saturated heterocycles. The molecule has 2 aromatic rings. The number of carbonyl (C=O) groups is 1. The van der Waals surface area contributed by atoms with E-state index in [0.29, 0.717) is 15.6 Å². The van der Waals surface area contributed by atoms with Gasteiger partial charge in [0.05, 0.1) is 6.20 Å². The zero-order chi connectivity index (χ0) is 12.3. The summed E-state index contributed by atoms with van der Waals surface area (Å²) in [5.41, 5.74) is 6.13. The first-order valence-electron chi connectivity index (χ1n) is 4.89. The second-order valence-electron chi connectivity index (χ2n) is 3.38. The summed E-state index contributed by atoms with van der Waals surface area (Å²) in [5, 5.41) is 3.01. The van der Waals surface area contributed by atoms with Crippen LogP contribution in [0.3, 0.4) is 0 Å². The third-order valence-electron chi connectivity index (χ3n) is 2.09. The molecule has 4 nitrogen and oxygen atoms in total. The van der Waals surface area contributed by atoms with E-state index in [4.69, 9.17) is 5.73 Å². The van der Waals surface area contributed by atoms with Gasteiger partial charge in [-0.15, -0.1) is 0 Å². The lowest BCUT2D eigenvalue weighted by atomic mass is 10.2. The maximum absolute atomic E-state index is 12.9. The van der Waals surface area contributed by atoms with Crippen LogP contribution in [0.1, 0.15) is 15.2 Å². The molecule has 1 aromatic heterocycles. The molecule has 17 heavy (non-hydrogen) atoms. The quantitative estimate of drug-likeness (QED) is 0.874. The highest BCUT2D eigenvalue weighted by molar-refractivity contribution is 7.17. The number of hydrogen-bond acceptors (Lipinski definition) is 4. The van der Waals surface area contributed by atoms with Crippen molar-refractivity contribution in [3.05, 3.63) is 46.7 Å². The molecule has 1 amide bonds. The van der Waals surface area contributed by atoms with Crippen LogP contribution in [0.15, 0.2) is 30.5 Å². The average molecular weight is 251 g/mol. The molecule has 0 fully saturated rings. The van der Waals surface area contributed by atoms with Crippen molar-refractivity contribution in [1.82, 2.24) is 10.3 Å². The summed E-state index contributed by atoms with van der Waals surface area (Å²) in [5.74, 6) is -0.581. The Hall–Kier alpha value is -1.95. The molecule has 0 aliphatic rings. The number of nitrogens with one attached hydrogen (secondary N) is 1. The molecule has 0 aliphatic carbocycles. The lowest BCUT2D eigenvalue weighted by Gasteiger charge is -2.03. The number of nitrogens with zero attached hydrogens (tertiary/aromatic N) is 1. The zero-order valence-electron chi connectivity index (χ0n) is 8.81. The molecule has 1 heterocycles. The smallest absolute Gasteiger partial charge is 0.263 e. The van der Waals surface area contributed by atoms with Gasteiger partial charge in [-0.3, -0.25) is 4.79 Å². The fraction of sp³-hybridized carbons (Fsp3) is 0.0909. The Labute approximate surface area is 101 Å². The van der Waals surface area contributed by atoms with Crippen molar-refractivity contribution in [2.75, 3.05) is 5.73 Å². The van der Waals surface area contributed by atoms with Crippen LogP contribution in [-0.4, -0.2) is 10.9 Å². The van der Waals surface area contributed by atoms with Crippen molar-refractivity contribution >= 4 is 22.4 Å². The van der Waals surface area contributed by atoms with Crippen LogP contribution in [0.4, 0.5) is 9.52 Å². The summed E-state index contributed by atoms with van der Waals surface area (Å²) < 4.78 is 12.9. The van der Waals surface area contributed by atoms with E-state index in [2.05, 4.69) is 10.3 Å². The van der Waals surface area contributed by atoms with Crippen molar-refractivity contribution < 1.29 is 9.18 Å². The van der Waals surface area contributed by atoms with Crippen LogP contribution in [0.5, 0.6) is 0 Å². The van der Waals surface area contributed by atoms with Gasteiger partial charge in [-0.25, -0.2) is 9.37 Å². The van der Waals surface area contributed by atoms with Crippen molar-refractivity contribution in [3.63, 3.8) is 0 Å². The van der Waals surface area contributed by atoms with E-state index in [9.17, 15) is 9.18 Å². The molecule has 0 saturated carbocycles. The average Bonchev–Trinajstić information content (AvgIpc) is 2.73. The molecule has 0 spiro atoms. The summed E-state index contributed by atoms with van der Waals surface area (Å²) in [6.07, 6.45) is 1.42. The largest absolute Gasteiger partial charge is 0.375 e. The summed E-state index contributed by atoms with van der Waals surface area (Å²) >= 11 is 1.11. The number of hydrogen-bond donors (Lipinski definition) is 2. The number of amides is 1. The van der Waals surface area contributed by atoms with Gasteiger partial charge >= 0.3 is 0 Å². The first-order chi connectivity index (χ1) is 8.15. The van der Waals surface area contributed by atoms with Gasteiger partial charge in [0.2, 0.25) is 0 Å². The van der Waals surface area contributed by atoms with Gasteiger partial charge in [0.1, 0.15) is 10.7 Å². The number of carbonyl (C=O) groups excluding carboxylic acids is 1. The van der Waals surface area contributed by atoms with Crippen LogP contribution in [0.2, 0.25) is 0 Å². The molecule has 0 atom stereocenters. The lowest BCUT2D eigenvalue weighted by molar-refractivity contribution is 0.0954. The second-order valence-corrected chi connectivity index (χ2v) is 4.44. The van der Waals surface area contributed by atoms with Crippen LogP contribution >= 0.6 is 11.3 Å². The highest BCUT2D eigenvalue weighted by Crippen LogP contribution is 2.14. The fourth-order valence-corrected chi connectivity index (χ4v) is 1.91. The third-order valence-corrected chi connectivity index (χ3v) is 2.91. The molecular formula is C11H10FN3OS. The van der Waals surface area contributed by atoms with Crippen molar-refractivity contribution in [1.29, 1.82) is 0 Å². The lowest BCUT2D eigenvalue weighted by Crippen LogP contribution is -2.21. The second kappa shape index (κ2) is 4.92. The van der Waals surface area contributed by atoms with Gasteiger partial charge in [-0.1, -0.05) is 23.5 Å². The van der Waals surface area contributed by atoms with E-state index in [0.717, 1.165) is 11.3 Å². The highest BCUT2D eigenvalue weighted by atomic mass is 32.1. The number of anilines is 1. The topological polar surface area (TPSA) is 68.0 Å². The Morgan fingerprint density at radius 1 is 1.53 bits per heavy atom. The number of benzene rings is 1. The minimum absolute atomic E-state index is 0.261. The first-order valence-corrected chi connectivity index (χ1v) is 5.71. The third kappa shape index (κ3) is 3.01. The number of aromatic nitrogens is 1. The van der Waals surface area contributed by atoms with Crippen molar-refractivity contribution in [2.24, 2.45) is 0 Å². The summed E-state index contributed by atoms with van der Waals surface area (Å²) in [7, 11) is 0. The summed E-state index contributed by atoms with van der Waals surface area (Å²) in [6, 6.07) is 6.07. The van der Waals surface area contributed by atoms with Crippen molar-refractivity contribution in [2.45, 2.75) is 6.54 Å². The summed E-state index contributed by atoms with van der Waals surface area (Å²) in [6.45, 7) is 0.272. The monoisotopic (exact) mass is 251 g/mol. The van der Waals surface area contributed by atoms with Crippen LogP contribution in [0, 0.1) is 5.82 Å². The van der Waals surface area contributed by atoms with E-state index in [-0.39, 0.29) is 18.3 Å². The molecule has 2 rings (SSSR count). The maximum Gasteiger partial charge on any atom is 0.263 e. The van der Waals surface area contributed by atoms with Crippen LogP contribution < -0.4 is 11.1 Å². The Morgan fingerprint density at radius 3 is 3.00 bits per heavy atom. The number of nitrogen functional groups attached to an aromatic ring is 1.